The van der Waals surface area contributed by atoms with E-state index in [1.165, 1.54) is 41.9 Å². The molecule has 0 saturated carbocycles. The van der Waals surface area contributed by atoms with Crippen molar-refractivity contribution in [1.29, 1.82) is 0 Å². The molecule has 2 aromatic rings. The topological polar surface area (TPSA) is 37.8 Å². The van der Waals surface area contributed by atoms with Gasteiger partial charge in [0.2, 0.25) is 0 Å². The van der Waals surface area contributed by atoms with E-state index in [4.69, 9.17) is 16.6 Å². The molecule has 0 aliphatic heterocycles. The molecule has 1 N–H and O–H groups in total. The Labute approximate surface area is 135 Å². The number of thiophene rings is 1. The average molecular weight is 373 g/mol. The van der Waals surface area contributed by atoms with E-state index in [0.717, 1.165) is 38.2 Å². The summed E-state index contributed by atoms with van der Waals surface area (Å²) in [5, 5.41) is 3.22. The van der Waals surface area contributed by atoms with Gasteiger partial charge in [-0.1, -0.05) is 18.0 Å². The molecule has 0 fully saturated rings. The molecule has 0 aromatic carbocycles. The van der Waals surface area contributed by atoms with Crippen LogP contribution in [0.4, 0.5) is 5.82 Å². The second kappa shape index (κ2) is 6.00. The van der Waals surface area contributed by atoms with Gasteiger partial charge in [0.15, 0.2) is 5.82 Å². The van der Waals surface area contributed by atoms with Crippen molar-refractivity contribution in [3.63, 3.8) is 0 Å². The number of aryl methyl sites for hydroxylation is 1. The van der Waals surface area contributed by atoms with Gasteiger partial charge in [-0.2, -0.15) is 0 Å². The normalized spacial score (nSPS) is 14.8. The van der Waals surface area contributed by atoms with Gasteiger partial charge in [-0.05, 0) is 47.7 Å². The van der Waals surface area contributed by atoms with Gasteiger partial charge in [0.1, 0.15) is 10.2 Å². The Morgan fingerprint density at radius 3 is 2.75 bits per heavy atom. The van der Waals surface area contributed by atoms with Crippen LogP contribution in [-0.4, -0.2) is 17.0 Å². The van der Waals surface area contributed by atoms with Crippen LogP contribution < -0.4 is 5.32 Å². The van der Waals surface area contributed by atoms with Crippen LogP contribution in [0.2, 0.25) is 4.34 Å². The largest absolute Gasteiger partial charge is 0.373 e. The number of halogens is 2. The Hall–Kier alpha value is -0.650. The molecule has 0 spiro atoms. The van der Waals surface area contributed by atoms with Crippen LogP contribution in [0.3, 0.4) is 0 Å². The van der Waals surface area contributed by atoms with Crippen LogP contribution in [0.25, 0.3) is 10.7 Å². The van der Waals surface area contributed by atoms with Gasteiger partial charge in [0.25, 0.3) is 0 Å². The average Bonchev–Trinajstić information content (AvgIpc) is 2.67. The van der Waals surface area contributed by atoms with Crippen LogP contribution >= 0.6 is 38.9 Å². The van der Waals surface area contributed by atoms with Gasteiger partial charge in [-0.3, -0.25) is 0 Å². The number of hydrogen-bond acceptors (Lipinski definition) is 4. The number of hydrogen-bond donors (Lipinski definition) is 1. The van der Waals surface area contributed by atoms with Crippen molar-refractivity contribution in [1.82, 2.24) is 9.97 Å². The van der Waals surface area contributed by atoms with Gasteiger partial charge < -0.3 is 5.32 Å². The van der Waals surface area contributed by atoms with Gasteiger partial charge in [0.05, 0.1) is 4.88 Å². The first-order valence-corrected chi connectivity index (χ1v) is 8.70. The Morgan fingerprint density at radius 2 is 2.05 bits per heavy atom. The molecule has 1 aliphatic carbocycles. The molecule has 0 bridgehead atoms. The van der Waals surface area contributed by atoms with Crippen LogP contribution in [-0.2, 0) is 12.8 Å². The smallest absolute Gasteiger partial charge is 0.171 e. The summed E-state index contributed by atoms with van der Waals surface area (Å²) in [6.07, 6.45) is 5.81. The van der Waals surface area contributed by atoms with Gasteiger partial charge >= 0.3 is 0 Å². The van der Waals surface area contributed by atoms with E-state index < -0.39 is 0 Å². The lowest BCUT2D eigenvalue weighted by Crippen LogP contribution is -2.06. The summed E-state index contributed by atoms with van der Waals surface area (Å²) in [6, 6.07) is 1.99. The second-order valence-corrected chi connectivity index (χ2v) is 7.37. The Bertz CT molecular complexity index is 622. The van der Waals surface area contributed by atoms with Gasteiger partial charge in [-0.15, -0.1) is 11.3 Å². The van der Waals surface area contributed by atoms with Crippen molar-refractivity contribution in [2.75, 3.05) is 12.4 Å². The van der Waals surface area contributed by atoms with Crippen molar-refractivity contribution >= 4 is 44.7 Å². The van der Waals surface area contributed by atoms with Crippen LogP contribution in [0, 0.1) is 0 Å². The zero-order valence-electron chi connectivity index (χ0n) is 11.2. The fourth-order valence-electron chi connectivity index (χ4n) is 2.54. The third-order valence-electron chi connectivity index (χ3n) is 3.54. The molecule has 0 saturated heterocycles. The summed E-state index contributed by atoms with van der Waals surface area (Å²) in [4.78, 5) is 10.5. The quantitative estimate of drug-likeness (QED) is 0.759. The van der Waals surface area contributed by atoms with E-state index in [0.29, 0.717) is 0 Å². The summed E-state index contributed by atoms with van der Waals surface area (Å²) in [5.74, 6) is 1.74. The molecule has 3 nitrogen and oxygen atoms in total. The van der Waals surface area contributed by atoms with Crippen molar-refractivity contribution in [2.24, 2.45) is 0 Å². The van der Waals surface area contributed by atoms with Crippen molar-refractivity contribution in [3.8, 4) is 10.7 Å². The Kier molecular flexibility index (Phi) is 4.29. The molecule has 0 unspecified atom stereocenters. The van der Waals surface area contributed by atoms with E-state index in [9.17, 15) is 0 Å². The van der Waals surface area contributed by atoms with E-state index >= 15 is 0 Å². The Balaban J connectivity index is 2.10. The number of fused-ring (bicyclic) bond motifs is 1. The molecule has 6 heteroatoms. The highest BCUT2D eigenvalue weighted by molar-refractivity contribution is 9.10. The van der Waals surface area contributed by atoms with Crippen LogP contribution in [0.1, 0.15) is 30.5 Å². The molecule has 20 heavy (non-hydrogen) atoms. The summed E-state index contributed by atoms with van der Waals surface area (Å²) < 4.78 is 1.65. The van der Waals surface area contributed by atoms with Crippen molar-refractivity contribution < 1.29 is 0 Å². The number of nitrogens with one attached hydrogen (secondary N) is 1. The van der Waals surface area contributed by atoms with Gasteiger partial charge in [-0.25, -0.2) is 9.97 Å². The summed E-state index contributed by atoms with van der Waals surface area (Å²) in [5.41, 5.74) is 2.48. The first-order valence-electron chi connectivity index (χ1n) is 6.72. The first kappa shape index (κ1) is 14.3. The number of anilines is 1. The maximum Gasteiger partial charge on any atom is 0.171 e. The third-order valence-corrected chi connectivity index (χ3v) is 6.01. The van der Waals surface area contributed by atoms with E-state index in [-0.39, 0.29) is 0 Å². The van der Waals surface area contributed by atoms with Crippen LogP contribution in [0.15, 0.2) is 10.5 Å². The highest BCUT2D eigenvalue weighted by Gasteiger charge is 2.18. The maximum absolute atomic E-state index is 6.12. The number of rotatable bonds is 2. The lowest BCUT2D eigenvalue weighted by molar-refractivity contribution is 0.709. The number of aromatic nitrogens is 2. The Morgan fingerprint density at radius 1 is 1.25 bits per heavy atom. The standard InChI is InChI=1S/C14H15BrClN3S/c1-17-13-8-5-3-2-4-6-10(8)18-14(19-13)11-7-9(15)12(16)20-11/h7H,2-6H2,1H3,(H,17,18,19). The summed E-state index contributed by atoms with van der Waals surface area (Å²) in [7, 11) is 1.93. The van der Waals surface area contributed by atoms with Crippen molar-refractivity contribution in [2.45, 2.75) is 32.1 Å². The predicted octanol–water partition coefficient (Wildman–Crippen LogP) is 4.93. The molecule has 0 radical (unpaired) electrons. The second-order valence-electron chi connectivity index (χ2n) is 4.86. The molecule has 3 rings (SSSR count). The molecule has 2 heterocycles. The van der Waals surface area contributed by atoms with E-state index in [1.54, 1.807) is 0 Å². The minimum Gasteiger partial charge on any atom is -0.373 e. The molecule has 0 atom stereocenters. The zero-order valence-corrected chi connectivity index (χ0v) is 14.3. The molecule has 0 amide bonds. The fraction of sp³-hybridized carbons (Fsp3) is 0.429. The molecule has 1 aliphatic rings. The monoisotopic (exact) mass is 371 g/mol. The van der Waals surface area contributed by atoms with E-state index in [2.05, 4.69) is 26.2 Å². The summed E-state index contributed by atoms with van der Waals surface area (Å²) >= 11 is 11.1. The fourth-order valence-corrected chi connectivity index (χ4v) is 4.18. The molecule has 106 valence electrons. The SMILES string of the molecule is CNc1nc(-c2cc(Br)c(Cl)s2)nc2c1CCCCC2. The number of nitrogens with zero attached hydrogens (tertiary/aromatic N) is 2. The third kappa shape index (κ3) is 2.71. The lowest BCUT2D eigenvalue weighted by atomic mass is 10.1. The molecular formula is C14H15BrClN3S. The van der Waals surface area contributed by atoms with Crippen LogP contribution in [0.5, 0.6) is 0 Å². The van der Waals surface area contributed by atoms with Crippen molar-refractivity contribution in [3.05, 3.63) is 26.1 Å². The molecular weight excluding hydrogens is 358 g/mol. The maximum atomic E-state index is 6.12. The van der Waals surface area contributed by atoms with Gasteiger partial charge in [0, 0.05) is 22.8 Å². The van der Waals surface area contributed by atoms with E-state index in [1.807, 2.05) is 13.1 Å². The zero-order chi connectivity index (χ0) is 14.1. The first-order chi connectivity index (χ1) is 9.69. The highest BCUT2D eigenvalue weighted by Crippen LogP contribution is 2.38. The minimum atomic E-state index is 0.740. The lowest BCUT2D eigenvalue weighted by Gasteiger charge is -2.12. The predicted molar refractivity (Wildman–Crippen MR) is 88.9 cm³/mol. The summed E-state index contributed by atoms with van der Waals surface area (Å²) in [6.45, 7) is 0. The molecule has 2 aromatic heterocycles. The highest BCUT2D eigenvalue weighted by atomic mass is 79.9. The minimum absolute atomic E-state index is 0.740.